The van der Waals surface area contributed by atoms with Gasteiger partial charge in [-0.15, -0.1) is 0 Å². The summed E-state index contributed by atoms with van der Waals surface area (Å²) in [6, 6.07) is 9.95. The zero-order chi connectivity index (χ0) is 13.5. The molecular formula is C14H16N2O2S. The molecule has 0 unspecified atom stereocenters. The van der Waals surface area contributed by atoms with Crippen LogP contribution >= 0.6 is 11.8 Å². The predicted molar refractivity (Wildman–Crippen MR) is 77.2 cm³/mol. The summed E-state index contributed by atoms with van der Waals surface area (Å²) in [5.74, 6) is 0.306. The van der Waals surface area contributed by atoms with Gasteiger partial charge in [0.2, 0.25) is 5.91 Å². The Balaban J connectivity index is 1.96. The van der Waals surface area contributed by atoms with Crippen LogP contribution in [0.4, 0.5) is 0 Å². The Hall–Kier alpha value is -1.59. The van der Waals surface area contributed by atoms with Crippen LogP contribution in [0, 0.1) is 0 Å². The molecule has 1 amide bonds. The third-order valence-electron chi connectivity index (χ3n) is 2.63. The molecule has 0 radical (unpaired) electrons. The number of aliphatic hydroxyl groups excluding tert-OH is 1. The first-order valence-corrected chi connectivity index (χ1v) is 7.14. The number of nitrogens with zero attached hydrogens (tertiary/aromatic N) is 1. The molecule has 0 saturated heterocycles. The van der Waals surface area contributed by atoms with Gasteiger partial charge in [0.15, 0.2) is 0 Å². The van der Waals surface area contributed by atoms with Gasteiger partial charge in [0.25, 0.3) is 0 Å². The molecule has 0 aliphatic heterocycles. The Kier molecular flexibility index (Phi) is 5.18. The number of fused-ring (bicyclic) bond motifs is 1. The molecule has 0 fully saturated rings. The van der Waals surface area contributed by atoms with Crippen LogP contribution in [0.5, 0.6) is 0 Å². The number of aromatic nitrogens is 1. The zero-order valence-corrected chi connectivity index (χ0v) is 11.3. The number of carbonyl (C=O) groups excluding carboxylic acids is 1. The van der Waals surface area contributed by atoms with Crippen molar-refractivity contribution in [1.29, 1.82) is 0 Å². The number of pyridine rings is 1. The average molecular weight is 276 g/mol. The molecule has 0 bridgehead atoms. The SMILES string of the molecule is O=C(CSc1nccc2ccccc12)NCCCO. The van der Waals surface area contributed by atoms with E-state index in [0.717, 1.165) is 15.8 Å². The summed E-state index contributed by atoms with van der Waals surface area (Å²) in [5, 5.41) is 14.5. The van der Waals surface area contributed by atoms with E-state index in [2.05, 4.69) is 10.3 Å². The van der Waals surface area contributed by atoms with E-state index in [1.165, 1.54) is 11.8 Å². The van der Waals surface area contributed by atoms with Crippen molar-refractivity contribution in [3.63, 3.8) is 0 Å². The fourth-order valence-corrected chi connectivity index (χ4v) is 2.55. The molecule has 0 atom stereocenters. The molecule has 4 nitrogen and oxygen atoms in total. The summed E-state index contributed by atoms with van der Waals surface area (Å²) in [4.78, 5) is 15.9. The van der Waals surface area contributed by atoms with Crippen LogP contribution in [-0.4, -0.2) is 34.9 Å². The maximum Gasteiger partial charge on any atom is 0.230 e. The van der Waals surface area contributed by atoms with Crippen LogP contribution in [0.25, 0.3) is 10.8 Å². The average Bonchev–Trinajstić information content (AvgIpc) is 2.45. The van der Waals surface area contributed by atoms with E-state index in [1.54, 1.807) is 6.20 Å². The highest BCUT2D eigenvalue weighted by atomic mass is 32.2. The molecule has 0 spiro atoms. The van der Waals surface area contributed by atoms with Gasteiger partial charge in [-0.3, -0.25) is 4.79 Å². The minimum absolute atomic E-state index is 0.0341. The molecule has 5 heteroatoms. The number of hydrogen-bond acceptors (Lipinski definition) is 4. The second-order valence-electron chi connectivity index (χ2n) is 4.05. The second-order valence-corrected chi connectivity index (χ2v) is 5.02. The van der Waals surface area contributed by atoms with Crippen molar-refractivity contribution in [2.45, 2.75) is 11.4 Å². The molecule has 1 aromatic heterocycles. The number of hydrogen-bond donors (Lipinski definition) is 2. The number of nitrogens with one attached hydrogen (secondary N) is 1. The maximum atomic E-state index is 11.6. The number of thioether (sulfide) groups is 1. The standard InChI is InChI=1S/C14H16N2O2S/c17-9-3-7-15-13(18)10-19-14-12-5-2-1-4-11(12)6-8-16-14/h1-2,4-6,8,17H,3,7,9-10H2,(H,15,18). The molecule has 19 heavy (non-hydrogen) atoms. The molecule has 2 rings (SSSR count). The monoisotopic (exact) mass is 276 g/mol. The van der Waals surface area contributed by atoms with Crippen molar-refractivity contribution in [1.82, 2.24) is 10.3 Å². The van der Waals surface area contributed by atoms with Crippen molar-refractivity contribution in [3.05, 3.63) is 36.5 Å². The number of carbonyl (C=O) groups is 1. The molecule has 2 aromatic rings. The fraction of sp³-hybridized carbons (Fsp3) is 0.286. The van der Waals surface area contributed by atoms with Gasteiger partial charge in [-0.1, -0.05) is 36.0 Å². The van der Waals surface area contributed by atoms with Gasteiger partial charge in [0, 0.05) is 24.7 Å². The Labute approximate surface area is 116 Å². The third-order valence-corrected chi connectivity index (χ3v) is 3.64. The lowest BCUT2D eigenvalue weighted by molar-refractivity contribution is -0.118. The second kappa shape index (κ2) is 7.11. The van der Waals surface area contributed by atoms with Crippen molar-refractivity contribution in [2.24, 2.45) is 0 Å². The lowest BCUT2D eigenvalue weighted by Gasteiger charge is -2.06. The van der Waals surface area contributed by atoms with E-state index < -0.39 is 0 Å². The topological polar surface area (TPSA) is 62.2 Å². The van der Waals surface area contributed by atoms with Crippen molar-refractivity contribution >= 4 is 28.4 Å². The quantitative estimate of drug-likeness (QED) is 0.624. The molecule has 2 N–H and O–H groups in total. The van der Waals surface area contributed by atoms with E-state index in [-0.39, 0.29) is 12.5 Å². The predicted octanol–water partition coefficient (Wildman–Crippen LogP) is 1.83. The summed E-state index contributed by atoms with van der Waals surface area (Å²) in [5.41, 5.74) is 0. The minimum atomic E-state index is -0.0341. The van der Waals surface area contributed by atoms with Gasteiger partial charge in [0.05, 0.1) is 5.75 Å². The molecule has 0 saturated carbocycles. The summed E-state index contributed by atoms with van der Waals surface area (Å²) in [6.45, 7) is 0.608. The number of aliphatic hydroxyl groups is 1. The first-order valence-electron chi connectivity index (χ1n) is 6.15. The first kappa shape index (κ1) is 13.8. The van der Waals surface area contributed by atoms with Crippen LogP contribution in [0.1, 0.15) is 6.42 Å². The Morgan fingerprint density at radius 3 is 3.00 bits per heavy atom. The largest absolute Gasteiger partial charge is 0.396 e. The van der Waals surface area contributed by atoms with Gasteiger partial charge in [-0.25, -0.2) is 4.98 Å². The van der Waals surface area contributed by atoms with E-state index in [0.29, 0.717) is 18.7 Å². The zero-order valence-electron chi connectivity index (χ0n) is 10.5. The van der Waals surface area contributed by atoms with Crippen molar-refractivity contribution in [2.75, 3.05) is 18.9 Å². The van der Waals surface area contributed by atoms with Gasteiger partial charge in [-0.05, 0) is 17.9 Å². The molecule has 100 valence electrons. The van der Waals surface area contributed by atoms with Crippen molar-refractivity contribution in [3.8, 4) is 0 Å². The highest BCUT2D eigenvalue weighted by Crippen LogP contribution is 2.24. The highest BCUT2D eigenvalue weighted by molar-refractivity contribution is 8.00. The molecule has 0 aliphatic rings. The van der Waals surface area contributed by atoms with Gasteiger partial charge in [-0.2, -0.15) is 0 Å². The van der Waals surface area contributed by atoms with Crippen LogP contribution in [0.3, 0.4) is 0 Å². The van der Waals surface area contributed by atoms with Gasteiger partial charge < -0.3 is 10.4 Å². The van der Waals surface area contributed by atoms with E-state index >= 15 is 0 Å². The minimum Gasteiger partial charge on any atom is -0.396 e. The fourth-order valence-electron chi connectivity index (χ4n) is 1.70. The van der Waals surface area contributed by atoms with Crippen molar-refractivity contribution < 1.29 is 9.90 Å². The van der Waals surface area contributed by atoms with Crippen LogP contribution in [0.2, 0.25) is 0 Å². The molecular weight excluding hydrogens is 260 g/mol. The lowest BCUT2D eigenvalue weighted by Crippen LogP contribution is -2.26. The summed E-state index contributed by atoms with van der Waals surface area (Å²) in [7, 11) is 0. The van der Waals surface area contributed by atoms with E-state index in [9.17, 15) is 4.79 Å². The number of amides is 1. The number of rotatable bonds is 6. The molecule has 0 aliphatic carbocycles. The molecule has 1 heterocycles. The first-order chi connectivity index (χ1) is 9.31. The highest BCUT2D eigenvalue weighted by Gasteiger charge is 2.06. The van der Waals surface area contributed by atoms with Gasteiger partial charge >= 0.3 is 0 Å². The number of benzene rings is 1. The van der Waals surface area contributed by atoms with Crippen LogP contribution in [-0.2, 0) is 4.79 Å². The normalized spacial score (nSPS) is 10.6. The van der Waals surface area contributed by atoms with Gasteiger partial charge in [0.1, 0.15) is 5.03 Å². The van der Waals surface area contributed by atoms with E-state index in [1.807, 2.05) is 30.3 Å². The third kappa shape index (κ3) is 3.94. The van der Waals surface area contributed by atoms with Crippen LogP contribution in [0.15, 0.2) is 41.6 Å². The Bertz CT molecular complexity index is 555. The smallest absolute Gasteiger partial charge is 0.230 e. The van der Waals surface area contributed by atoms with E-state index in [4.69, 9.17) is 5.11 Å². The summed E-state index contributed by atoms with van der Waals surface area (Å²) < 4.78 is 0. The summed E-state index contributed by atoms with van der Waals surface area (Å²) in [6.07, 6.45) is 2.34. The molecule has 1 aromatic carbocycles. The lowest BCUT2D eigenvalue weighted by atomic mass is 10.2. The van der Waals surface area contributed by atoms with Crippen LogP contribution < -0.4 is 5.32 Å². The summed E-state index contributed by atoms with van der Waals surface area (Å²) >= 11 is 1.43. The maximum absolute atomic E-state index is 11.6. The Morgan fingerprint density at radius 2 is 2.16 bits per heavy atom. The Morgan fingerprint density at radius 1 is 1.32 bits per heavy atom.